The van der Waals surface area contributed by atoms with Crippen LogP contribution < -0.4 is 15.5 Å². The Balaban J connectivity index is 0.00000363. The van der Waals surface area contributed by atoms with Crippen LogP contribution in [0.25, 0.3) is 0 Å². The average molecular weight is 558 g/mol. The van der Waals surface area contributed by atoms with Gasteiger partial charge in [0.15, 0.2) is 5.96 Å². The maximum Gasteiger partial charge on any atom is 0.225 e. The van der Waals surface area contributed by atoms with Crippen molar-refractivity contribution in [3.63, 3.8) is 0 Å². The van der Waals surface area contributed by atoms with Crippen molar-refractivity contribution in [1.82, 2.24) is 15.5 Å². The van der Waals surface area contributed by atoms with Crippen LogP contribution in [0.5, 0.6) is 0 Å². The van der Waals surface area contributed by atoms with Crippen molar-refractivity contribution in [3.8, 4) is 0 Å². The van der Waals surface area contributed by atoms with Crippen molar-refractivity contribution in [3.05, 3.63) is 29.8 Å². The predicted octanol–water partition coefficient (Wildman–Crippen LogP) is 2.83. The Kier molecular flexibility index (Phi) is 11.0. The van der Waals surface area contributed by atoms with E-state index in [1.165, 1.54) is 11.3 Å². The molecule has 1 amide bonds. The highest BCUT2D eigenvalue weighted by Crippen LogP contribution is 2.23. The maximum atomic E-state index is 12.2. The van der Waals surface area contributed by atoms with Gasteiger partial charge in [-0.25, -0.2) is 4.99 Å². The second kappa shape index (κ2) is 13.2. The van der Waals surface area contributed by atoms with E-state index in [0.29, 0.717) is 19.1 Å². The number of rotatable bonds is 7. The Labute approximate surface area is 210 Å². The predicted molar refractivity (Wildman–Crippen MR) is 142 cm³/mol. The van der Waals surface area contributed by atoms with Gasteiger partial charge in [-0.2, -0.15) is 0 Å². The van der Waals surface area contributed by atoms with Gasteiger partial charge >= 0.3 is 0 Å². The van der Waals surface area contributed by atoms with E-state index in [1.54, 1.807) is 0 Å². The monoisotopic (exact) mass is 557 g/mol. The molecule has 2 fully saturated rings. The molecule has 3 rings (SSSR count). The van der Waals surface area contributed by atoms with Crippen LogP contribution in [0.15, 0.2) is 29.3 Å². The summed E-state index contributed by atoms with van der Waals surface area (Å²) >= 11 is 0. The summed E-state index contributed by atoms with van der Waals surface area (Å²) in [5.41, 5.74) is 2.42. The lowest BCUT2D eigenvalue weighted by atomic mass is 9.97. The van der Waals surface area contributed by atoms with Gasteiger partial charge in [-0.1, -0.05) is 26.0 Å². The van der Waals surface area contributed by atoms with E-state index in [0.717, 1.165) is 57.9 Å². The van der Waals surface area contributed by atoms with Crippen LogP contribution in [0.2, 0.25) is 0 Å². The van der Waals surface area contributed by atoms with E-state index in [2.05, 4.69) is 46.7 Å². The zero-order valence-corrected chi connectivity index (χ0v) is 22.0. The lowest BCUT2D eigenvalue weighted by Crippen LogP contribution is -2.45. The van der Waals surface area contributed by atoms with Crippen LogP contribution in [0.4, 0.5) is 5.69 Å². The van der Waals surface area contributed by atoms with E-state index in [1.807, 2.05) is 18.7 Å². The summed E-state index contributed by atoms with van der Waals surface area (Å²) in [6.45, 7) is 11.3. The standard InChI is InChI=1S/C24H39N5O2.HI/c1-4-25-24(27-21-11-14-29(16-21)23(31)18(2)3)26-15-19-5-7-22(8-6-19)28-12-9-20(17-30)10-13-28;/h5-8,18,20-21,30H,4,9-17H2,1-3H3,(H2,25,26,27);1H. The van der Waals surface area contributed by atoms with Crippen molar-refractivity contribution >= 4 is 41.5 Å². The molecular formula is C24H40IN5O2. The normalized spacial score (nSPS) is 19.8. The summed E-state index contributed by atoms with van der Waals surface area (Å²) in [4.78, 5) is 21.3. The molecule has 2 saturated heterocycles. The van der Waals surface area contributed by atoms with Gasteiger partial charge in [0, 0.05) is 57.0 Å². The summed E-state index contributed by atoms with van der Waals surface area (Å²) in [6.07, 6.45) is 3.06. The number of amides is 1. The molecule has 3 N–H and O–H groups in total. The van der Waals surface area contributed by atoms with Gasteiger partial charge in [0.2, 0.25) is 5.91 Å². The molecule has 0 spiro atoms. The number of guanidine groups is 1. The molecule has 32 heavy (non-hydrogen) atoms. The molecule has 0 saturated carbocycles. The topological polar surface area (TPSA) is 80.2 Å². The quantitative estimate of drug-likeness (QED) is 0.273. The van der Waals surface area contributed by atoms with Crippen molar-refractivity contribution in [2.45, 2.75) is 52.6 Å². The third-order valence-corrected chi connectivity index (χ3v) is 6.27. The van der Waals surface area contributed by atoms with Gasteiger partial charge in [-0.3, -0.25) is 4.79 Å². The first kappa shape index (κ1) is 26.7. The summed E-state index contributed by atoms with van der Waals surface area (Å²) in [5, 5.41) is 16.1. The molecule has 1 aromatic carbocycles. The molecule has 0 aromatic heterocycles. The number of nitrogens with zero attached hydrogens (tertiary/aromatic N) is 3. The molecule has 1 unspecified atom stereocenters. The first-order valence-electron chi connectivity index (χ1n) is 11.8. The van der Waals surface area contributed by atoms with Crippen LogP contribution >= 0.6 is 24.0 Å². The number of aliphatic hydroxyl groups is 1. The van der Waals surface area contributed by atoms with Crippen LogP contribution in [0.1, 0.15) is 45.6 Å². The van der Waals surface area contributed by atoms with Crippen molar-refractivity contribution < 1.29 is 9.90 Å². The number of hydrogen-bond donors (Lipinski definition) is 3. The molecule has 0 radical (unpaired) electrons. The van der Waals surface area contributed by atoms with Crippen molar-refractivity contribution in [2.24, 2.45) is 16.8 Å². The van der Waals surface area contributed by atoms with Crippen LogP contribution in [-0.2, 0) is 11.3 Å². The van der Waals surface area contributed by atoms with E-state index in [4.69, 9.17) is 4.99 Å². The number of nitrogens with one attached hydrogen (secondary N) is 2. The first-order valence-corrected chi connectivity index (χ1v) is 11.8. The molecule has 0 bridgehead atoms. The van der Waals surface area contributed by atoms with Gasteiger partial charge in [0.1, 0.15) is 0 Å². The van der Waals surface area contributed by atoms with E-state index in [-0.39, 0.29) is 41.8 Å². The fourth-order valence-electron chi connectivity index (χ4n) is 4.31. The Morgan fingerprint density at radius 3 is 2.44 bits per heavy atom. The third kappa shape index (κ3) is 7.50. The highest BCUT2D eigenvalue weighted by atomic mass is 127. The lowest BCUT2D eigenvalue weighted by Gasteiger charge is -2.32. The summed E-state index contributed by atoms with van der Waals surface area (Å²) in [5.74, 6) is 1.54. The van der Waals surface area contributed by atoms with Gasteiger partial charge in [0.25, 0.3) is 0 Å². The van der Waals surface area contributed by atoms with Crippen LogP contribution in [0.3, 0.4) is 0 Å². The minimum atomic E-state index is 0. The summed E-state index contributed by atoms with van der Waals surface area (Å²) in [7, 11) is 0. The fraction of sp³-hybridized carbons (Fsp3) is 0.667. The lowest BCUT2D eigenvalue weighted by molar-refractivity contribution is -0.133. The zero-order valence-electron chi connectivity index (χ0n) is 19.7. The van der Waals surface area contributed by atoms with Crippen molar-refractivity contribution in [2.75, 3.05) is 44.2 Å². The zero-order chi connectivity index (χ0) is 22.2. The van der Waals surface area contributed by atoms with Gasteiger partial charge in [-0.05, 0) is 49.8 Å². The van der Waals surface area contributed by atoms with Gasteiger partial charge in [0.05, 0.1) is 6.54 Å². The number of carbonyl (C=O) groups is 1. The molecule has 180 valence electrons. The highest BCUT2D eigenvalue weighted by molar-refractivity contribution is 14.0. The third-order valence-electron chi connectivity index (χ3n) is 6.27. The fourth-order valence-corrected chi connectivity index (χ4v) is 4.31. The number of aliphatic imine (C=N–C) groups is 1. The number of aliphatic hydroxyl groups excluding tert-OH is 1. The second-order valence-corrected chi connectivity index (χ2v) is 9.04. The molecule has 0 aliphatic carbocycles. The minimum absolute atomic E-state index is 0. The number of likely N-dealkylation sites (tertiary alicyclic amines) is 1. The highest BCUT2D eigenvalue weighted by Gasteiger charge is 2.28. The maximum absolute atomic E-state index is 12.2. The Morgan fingerprint density at radius 1 is 1.16 bits per heavy atom. The van der Waals surface area contributed by atoms with Crippen LogP contribution in [-0.4, -0.2) is 67.2 Å². The Bertz CT molecular complexity index is 732. The number of benzene rings is 1. The molecule has 2 aliphatic heterocycles. The molecule has 1 aromatic rings. The number of carbonyl (C=O) groups excluding carboxylic acids is 1. The number of hydrogen-bond acceptors (Lipinski definition) is 4. The number of piperidine rings is 1. The first-order chi connectivity index (χ1) is 15.0. The average Bonchev–Trinajstić information content (AvgIpc) is 3.26. The minimum Gasteiger partial charge on any atom is -0.396 e. The van der Waals surface area contributed by atoms with Gasteiger partial charge < -0.3 is 25.5 Å². The van der Waals surface area contributed by atoms with E-state index < -0.39 is 0 Å². The Hall–Kier alpha value is -1.55. The smallest absolute Gasteiger partial charge is 0.225 e. The van der Waals surface area contributed by atoms with Crippen molar-refractivity contribution in [1.29, 1.82) is 0 Å². The molecule has 2 aliphatic rings. The summed E-state index contributed by atoms with van der Waals surface area (Å²) in [6, 6.07) is 8.90. The molecule has 2 heterocycles. The molecule has 1 atom stereocenters. The number of anilines is 1. The molecular weight excluding hydrogens is 517 g/mol. The van der Waals surface area contributed by atoms with Gasteiger partial charge in [-0.15, -0.1) is 24.0 Å². The van der Waals surface area contributed by atoms with E-state index >= 15 is 0 Å². The van der Waals surface area contributed by atoms with E-state index in [9.17, 15) is 9.90 Å². The summed E-state index contributed by atoms with van der Waals surface area (Å²) < 4.78 is 0. The Morgan fingerprint density at radius 2 is 1.84 bits per heavy atom. The largest absolute Gasteiger partial charge is 0.396 e. The van der Waals surface area contributed by atoms with Crippen LogP contribution in [0, 0.1) is 11.8 Å². The SMILES string of the molecule is CCNC(=NCc1ccc(N2CCC(CO)CC2)cc1)NC1CCN(C(=O)C(C)C)C1.I. The molecule has 8 heteroatoms. The molecule has 7 nitrogen and oxygen atoms in total. The second-order valence-electron chi connectivity index (χ2n) is 9.04. The number of halogens is 1.